The molecule has 4 nitrogen and oxygen atoms in total. The molecule has 0 N–H and O–H groups in total. The van der Waals surface area contributed by atoms with Gasteiger partial charge in [-0.2, -0.15) is 0 Å². The van der Waals surface area contributed by atoms with Gasteiger partial charge in [0.15, 0.2) is 0 Å². The van der Waals surface area contributed by atoms with Crippen LogP contribution in [-0.2, 0) is 9.59 Å². The summed E-state index contributed by atoms with van der Waals surface area (Å²) in [6.45, 7) is 0. The van der Waals surface area contributed by atoms with Crippen LogP contribution in [0.3, 0.4) is 0 Å². The Balaban J connectivity index is 1.84. The van der Waals surface area contributed by atoms with E-state index in [-0.39, 0.29) is 18.2 Å². The van der Waals surface area contributed by atoms with E-state index in [9.17, 15) is 9.59 Å². The molecule has 2 amide bonds. The van der Waals surface area contributed by atoms with Gasteiger partial charge in [0.1, 0.15) is 5.75 Å². The maximum atomic E-state index is 12.7. The van der Waals surface area contributed by atoms with Gasteiger partial charge in [-0.3, -0.25) is 9.59 Å². The minimum atomic E-state index is -0.436. The van der Waals surface area contributed by atoms with Gasteiger partial charge in [-0.15, -0.1) is 11.8 Å². The zero-order valence-electron chi connectivity index (χ0n) is 12.4. The van der Waals surface area contributed by atoms with Crippen LogP contribution < -0.4 is 9.64 Å². The molecule has 1 saturated heterocycles. The Morgan fingerprint density at radius 1 is 1.13 bits per heavy atom. The standard InChI is InChI=1S/C17H14ClNO3S/c1-22-14-5-3-2-4-13(14)19-16(20)10-15(17(19)21)23-12-8-6-11(18)7-9-12/h2-9,15H,10H2,1H3/t15-/m0/s1. The van der Waals surface area contributed by atoms with Gasteiger partial charge in [-0.25, -0.2) is 4.90 Å². The zero-order chi connectivity index (χ0) is 16.4. The molecule has 3 rings (SSSR count). The van der Waals surface area contributed by atoms with Crippen LogP contribution in [-0.4, -0.2) is 24.2 Å². The molecule has 1 aliphatic heterocycles. The van der Waals surface area contributed by atoms with Gasteiger partial charge in [0.2, 0.25) is 11.8 Å². The number of thioether (sulfide) groups is 1. The molecule has 1 aliphatic rings. The summed E-state index contributed by atoms with van der Waals surface area (Å²) in [7, 11) is 1.52. The van der Waals surface area contributed by atoms with Crippen LogP contribution in [0.5, 0.6) is 5.75 Å². The van der Waals surface area contributed by atoms with E-state index in [1.54, 1.807) is 36.4 Å². The predicted octanol–water partition coefficient (Wildman–Crippen LogP) is 3.77. The van der Waals surface area contributed by atoms with Crippen molar-refractivity contribution < 1.29 is 14.3 Å². The summed E-state index contributed by atoms with van der Waals surface area (Å²) in [5.41, 5.74) is 0.490. The summed E-state index contributed by atoms with van der Waals surface area (Å²) in [5.74, 6) is 0.0664. The van der Waals surface area contributed by atoms with E-state index in [1.807, 2.05) is 12.1 Å². The van der Waals surface area contributed by atoms with Crippen LogP contribution in [0, 0.1) is 0 Å². The first kappa shape index (κ1) is 15.9. The summed E-state index contributed by atoms with van der Waals surface area (Å²) in [4.78, 5) is 27.1. The average molecular weight is 348 g/mol. The first-order valence-electron chi connectivity index (χ1n) is 7.02. The SMILES string of the molecule is COc1ccccc1N1C(=O)C[C@H](Sc2ccc(Cl)cc2)C1=O. The van der Waals surface area contributed by atoms with Gasteiger partial charge in [0.05, 0.1) is 18.0 Å². The van der Waals surface area contributed by atoms with Crippen molar-refractivity contribution in [3.8, 4) is 5.75 Å². The number of anilines is 1. The number of rotatable bonds is 4. The van der Waals surface area contributed by atoms with E-state index in [2.05, 4.69) is 0 Å². The third-order valence-electron chi connectivity index (χ3n) is 3.52. The third-order valence-corrected chi connectivity index (χ3v) is 4.97. The molecular weight excluding hydrogens is 334 g/mol. The van der Waals surface area contributed by atoms with Gasteiger partial charge in [0, 0.05) is 16.3 Å². The molecule has 0 unspecified atom stereocenters. The summed E-state index contributed by atoms with van der Waals surface area (Å²) in [6, 6.07) is 14.2. The molecule has 0 spiro atoms. The maximum absolute atomic E-state index is 12.7. The molecule has 0 aromatic heterocycles. The van der Waals surface area contributed by atoms with Gasteiger partial charge in [-0.05, 0) is 36.4 Å². The molecule has 1 atom stereocenters. The van der Waals surface area contributed by atoms with Crippen LogP contribution in [0.1, 0.15) is 6.42 Å². The second kappa shape index (κ2) is 6.64. The van der Waals surface area contributed by atoms with Gasteiger partial charge >= 0.3 is 0 Å². The number of imide groups is 1. The van der Waals surface area contributed by atoms with Crippen LogP contribution in [0.15, 0.2) is 53.4 Å². The highest BCUT2D eigenvalue weighted by molar-refractivity contribution is 8.00. The number of halogens is 1. The van der Waals surface area contributed by atoms with Crippen molar-refractivity contribution in [3.05, 3.63) is 53.6 Å². The van der Waals surface area contributed by atoms with Crippen molar-refractivity contribution in [1.82, 2.24) is 0 Å². The van der Waals surface area contributed by atoms with Crippen LogP contribution in [0.25, 0.3) is 0 Å². The molecule has 118 valence electrons. The lowest BCUT2D eigenvalue weighted by atomic mass is 10.2. The van der Waals surface area contributed by atoms with Crippen LogP contribution >= 0.6 is 23.4 Å². The van der Waals surface area contributed by atoms with E-state index < -0.39 is 5.25 Å². The van der Waals surface area contributed by atoms with Crippen molar-refractivity contribution in [2.75, 3.05) is 12.0 Å². The van der Waals surface area contributed by atoms with E-state index in [0.29, 0.717) is 16.5 Å². The van der Waals surface area contributed by atoms with Crippen molar-refractivity contribution in [2.45, 2.75) is 16.6 Å². The molecule has 1 heterocycles. The molecule has 2 aromatic carbocycles. The number of benzene rings is 2. The highest BCUT2D eigenvalue weighted by Crippen LogP contribution is 2.37. The lowest BCUT2D eigenvalue weighted by molar-refractivity contribution is -0.121. The number of para-hydroxylation sites is 2. The van der Waals surface area contributed by atoms with E-state index in [4.69, 9.17) is 16.3 Å². The van der Waals surface area contributed by atoms with Crippen molar-refractivity contribution in [3.63, 3.8) is 0 Å². The Morgan fingerprint density at radius 2 is 1.83 bits per heavy atom. The highest BCUT2D eigenvalue weighted by Gasteiger charge is 2.41. The third kappa shape index (κ3) is 3.21. The lowest BCUT2D eigenvalue weighted by Gasteiger charge is -2.17. The molecule has 0 aliphatic carbocycles. The zero-order valence-corrected chi connectivity index (χ0v) is 13.9. The van der Waals surface area contributed by atoms with Crippen molar-refractivity contribution in [1.29, 1.82) is 0 Å². The Kier molecular flexibility index (Phi) is 4.59. The molecule has 0 saturated carbocycles. The molecule has 6 heteroatoms. The number of ether oxygens (including phenoxy) is 1. The minimum absolute atomic E-state index is 0.171. The minimum Gasteiger partial charge on any atom is -0.495 e. The number of methoxy groups -OCH3 is 1. The fourth-order valence-electron chi connectivity index (χ4n) is 2.44. The summed E-state index contributed by atoms with van der Waals surface area (Å²) in [6.07, 6.45) is 0.171. The van der Waals surface area contributed by atoms with Gasteiger partial charge in [0.25, 0.3) is 0 Å². The first-order valence-corrected chi connectivity index (χ1v) is 8.28. The number of nitrogens with zero attached hydrogens (tertiary/aromatic N) is 1. The largest absolute Gasteiger partial charge is 0.495 e. The Hall–Kier alpha value is -1.98. The number of carbonyl (C=O) groups excluding carboxylic acids is 2. The number of hydrogen-bond donors (Lipinski definition) is 0. The van der Waals surface area contributed by atoms with Gasteiger partial charge < -0.3 is 4.74 Å². The second-order valence-electron chi connectivity index (χ2n) is 5.00. The van der Waals surface area contributed by atoms with E-state index in [1.165, 1.54) is 23.8 Å². The van der Waals surface area contributed by atoms with E-state index >= 15 is 0 Å². The second-order valence-corrected chi connectivity index (χ2v) is 6.72. The van der Waals surface area contributed by atoms with Crippen LogP contribution in [0.2, 0.25) is 5.02 Å². The average Bonchev–Trinajstić information content (AvgIpc) is 2.83. The normalized spacial score (nSPS) is 17.7. The lowest BCUT2D eigenvalue weighted by Crippen LogP contribution is -2.31. The fourth-order valence-corrected chi connectivity index (χ4v) is 3.62. The number of amides is 2. The highest BCUT2D eigenvalue weighted by atomic mass is 35.5. The monoisotopic (exact) mass is 347 g/mol. The molecule has 1 fully saturated rings. The van der Waals surface area contributed by atoms with E-state index in [0.717, 1.165) is 4.90 Å². The molecule has 2 aromatic rings. The molecule has 0 radical (unpaired) electrons. The summed E-state index contributed by atoms with van der Waals surface area (Å²) >= 11 is 7.24. The Bertz CT molecular complexity index is 748. The maximum Gasteiger partial charge on any atom is 0.247 e. The van der Waals surface area contributed by atoms with Crippen LogP contribution in [0.4, 0.5) is 5.69 Å². The number of carbonyl (C=O) groups is 2. The van der Waals surface area contributed by atoms with Crippen molar-refractivity contribution in [2.24, 2.45) is 0 Å². The molecular formula is C17H14ClNO3S. The predicted molar refractivity (Wildman–Crippen MR) is 91.2 cm³/mol. The fraction of sp³-hybridized carbons (Fsp3) is 0.176. The van der Waals surface area contributed by atoms with Crippen molar-refractivity contribution >= 4 is 40.9 Å². The summed E-state index contributed by atoms with van der Waals surface area (Å²) in [5, 5.41) is 0.201. The topological polar surface area (TPSA) is 46.6 Å². The number of hydrogen-bond acceptors (Lipinski definition) is 4. The smallest absolute Gasteiger partial charge is 0.247 e. The molecule has 0 bridgehead atoms. The first-order chi connectivity index (χ1) is 11.1. The van der Waals surface area contributed by atoms with Gasteiger partial charge in [-0.1, -0.05) is 23.7 Å². The Labute approximate surface area is 143 Å². The summed E-state index contributed by atoms with van der Waals surface area (Å²) < 4.78 is 5.25. The molecule has 23 heavy (non-hydrogen) atoms. The Morgan fingerprint density at radius 3 is 2.52 bits per heavy atom. The quantitative estimate of drug-likeness (QED) is 0.790.